The molecule has 1 aliphatic carbocycles. The molecule has 15 heteroatoms. The van der Waals surface area contributed by atoms with E-state index in [2.05, 4.69) is 9.97 Å². The Labute approximate surface area is 230 Å². The fraction of sp³-hybridized carbons (Fsp3) is 0.160. The van der Waals surface area contributed by atoms with E-state index in [-0.39, 0.29) is 21.6 Å². The first kappa shape index (κ1) is 26.6. The van der Waals surface area contributed by atoms with Crippen LogP contribution in [-0.2, 0) is 10.0 Å². The summed E-state index contributed by atoms with van der Waals surface area (Å²) >= 11 is 7.01. The van der Waals surface area contributed by atoms with Gasteiger partial charge in [-0.3, -0.25) is 9.52 Å². The minimum Gasteiger partial charge on any atom is -0.304 e. The number of rotatable bonds is 5. The van der Waals surface area contributed by atoms with Crippen molar-refractivity contribution in [1.82, 2.24) is 14.5 Å². The van der Waals surface area contributed by atoms with Crippen molar-refractivity contribution >= 4 is 59.8 Å². The van der Waals surface area contributed by atoms with Gasteiger partial charge in [0.05, 0.1) is 38.1 Å². The van der Waals surface area contributed by atoms with E-state index < -0.39 is 79.6 Å². The van der Waals surface area contributed by atoms with E-state index in [1.807, 2.05) is 4.72 Å². The van der Waals surface area contributed by atoms with Gasteiger partial charge in [-0.1, -0.05) is 11.6 Å². The summed E-state index contributed by atoms with van der Waals surface area (Å²) in [6, 6.07) is 4.86. The lowest BCUT2D eigenvalue weighted by atomic mass is 9.87. The summed E-state index contributed by atoms with van der Waals surface area (Å²) in [6.07, 6.45) is -0.133. The number of sulfonamides is 1. The molecule has 40 heavy (non-hydrogen) atoms. The summed E-state index contributed by atoms with van der Waals surface area (Å²) in [5.41, 5.74) is -1.46. The average Bonchev–Trinajstić information content (AvgIpc) is 3.32. The van der Waals surface area contributed by atoms with Crippen molar-refractivity contribution in [1.29, 1.82) is 0 Å². The van der Waals surface area contributed by atoms with Crippen LogP contribution in [0.4, 0.5) is 27.6 Å². The minimum absolute atomic E-state index is 0.0306. The van der Waals surface area contributed by atoms with Crippen molar-refractivity contribution in [3.8, 4) is 11.1 Å². The molecule has 0 atom stereocenters. The number of pyridine rings is 2. The molecule has 1 N–H and O–H groups in total. The van der Waals surface area contributed by atoms with Gasteiger partial charge in [0, 0.05) is 36.5 Å². The third-order valence-corrected chi connectivity index (χ3v) is 8.98. The third-order valence-electron chi connectivity index (χ3n) is 6.60. The zero-order chi connectivity index (χ0) is 28.6. The Hall–Kier alpha value is -3.62. The van der Waals surface area contributed by atoms with Gasteiger partial charge >= 0.3 is 0 Å². The molecule has 5 aromatic rings. The number of nitrogens with zero attached hydrogens (tertiary/aromatic N) is 3. The molecule has 2 aromatic carbocycles. The normalized spacial score (nSPS) is 15.4. The highest BCUT2D eigenvalue weighted by molar-refractivity contribution is 7.92. The lowest BCUT2D eigenvalue weighted by molar-refractivity contribution is -0.103. The van der Waals surface area contributed by atoms with Crippen molar-refractivity contribution in [2.75, 3.05) is 4.72 Å². The molecule has 0 radical (unpaired) electrons. The number of benzene rings is 2. The zero-order valence-corrected chi connectivity index (χ0v) is 22.1. The van der Waals surface area contributed by atoms with Gasteiger partial charge in [-0.15, -0.1) is 11.3 Å². The Morgan fingerprint density at radius 1 is 1.05 bits per heavy atom. The van der Waals surface area contributed by atoms with Crippen molar-refractivity contribution < 1.29 is 30.4 Å². The van der Waals surface area contributed by atoms with E-state index in [9.17, 15) is 26.4 Å². The molecule has 206 valence electrons. The number of hydrogen-bond acceptors (Lipinski definition) is 6. The largest absolute Gasteiger partial charge is 0.304 e. The van der Waals surface area contributed by atoms with Gasteiger partial charge in [-0.05, 0) is 30.3 Å². The highest BCUT2D eigenvalue weighted by Gasteiger charge is 2.47. The maximum absolute atomic E-state index is 15.8. The van der Waals surface area contributed by atoms with Crippen molar-refractivity contribution in [3.63, 3.8) is 0 Å². The summed E-state index contributed by atoms with van der Waals surface area (Å²) in [4.78, 5) is 20.5. The van der Waals surface area contributed by atoms with E-state index >= 15 is 8.78 Å². The summed E-state index contributed by atoms with van der Waals surface area (Å²) in [7, 11) is -4.73. The molecule has 0 spiro atoms. The van der Waals surface area contributed by atoms with Crippen molar-refractivity contribution in [2.45, 2.75) is 29.7 Å². The first-order valence-corrected chi connectivity index (χ1v) is 14.2. The maximum Gasteiger partial charge on any atom is 0.264 e. The Kier molecular flexibility index (Phi) is 6.12. The van der Waals surface area contributed by atoms with Crippen molar-refractivity contribution in [3.05, 3.63) is 81.1 Å². The van der Waals surface area contributed by atoms with Crippen LogP contribution >= 0.6 is 22.9 Å². The number of fused-ring (bicyclic) bond motifs is 2. The van der Waals surface area contributed by atoms with Crippen LogP contribution in [0.5, 0.6) is 0 Å². The number of aromatic nitrogens is 3. The molecule has 0 bridgehead atoms. The van der Waals surface area contributed by atoms with E-state index in [0.29, 0.717) is 4.70 Å². The van der Waals surface area contributed by atoms with Crippen LogP contribution < -0.4 is 10.3 Å². The molecule has 0 aliphatic heterocycles. The van der Waals surface area contributed by atoms with Gasteiger partial charge in [-0.25, -0.2) is 40.3 Å². The summed E-state index contributed by atoms with van der Waals surface area (Å²) < 4.78 is 102. The second kappa shape index (κ2) is 9.21. The van der Waals surface area contributed by atoms with Gasteiger partial charge in [0.2, 0.25) is 0 Å². The first-order valence-electron chi connectivity index (χ1n) is 11.5. The number of alkyl halides is 2. The van der Waals surface area contributed by atoms with E-state index in [0.717, 1.165) is 46.2 Å². The lowest BCUT2D eigenvalue weighted by Crippen LogP contribution is -2.41. The maximum atomic E-state index is 15.8. The van der Waals surface area contributed by atoms with Gasteiger partial charge in [0.15, 0.2) is 5.82 Å². The molecular weight excluding hydrogens is 599 g/mol. The Bertz CT molecular complexity index is 2020. The van der Waals surface area contributed by atoms with Gasteiger partial charge in [0.25, 0.3) is 21.5 Å². The number of anilines is 1. The second-order valence-electron chi connectivity index (χ2n) is 9.21. The monoisotopic (exact) mass is 612 g/mol. The minimum atomic E-state index is -4.73. The summed E-state index contributed by atoms with van der Waals surface area (Å²) in [5, 5.41) is 0.149. The van der Waals surface area contributed by atoms with Crippen LogP contribution in [-0.4, -0.2) is 28.9 Å². The number of hydrogen-bond donors (Lipinski definition) is 1. The fourth-order valence-corrected chi connectivity index (χ4v) is 6.77. The topological polar surface area (TPSA) is 93.9 Å². The smallest absolute Gasteiger partial charge is 0.264 e. The molecule has 7 nitrogen and oxygen atoms in total. The molecule has 1 aliphatic rings. The molecule has 1 fully saturated rings. The van der Waals surface area contributed by atoms with Gasteiger partial charge in [0.1, 0.15) is 21.7 Å². The van der Waals surface area contributed by atoms with Crippen molar-refractivity contribution in [2.24, 2.45) is 0 Å². The molecule has 3 heterocycles. The second-order valence-corrected chi connectivity index (χ2v) is 12.1. The van der Waals surface area contributed by atoms with Crippen LogP contribution in [0.1, 0.15) is 18.9 Å². The third kappa shape index (κ3) is 4.39. The number of nitrogens with one attached hydrogen (secondary N) is 1. The summed E-state index contributed by atoms with van der Waals surface area (Å²) in [6.45, 7) is 0. The molecular formula is C25H14ClF5N4O3S2. The number of halogens is 6. The van der Waals surface area contributed by atoms with Gasteiger partial charge in [-0.2, -0.15) is 0 Å². The molecule has 0 saturated heterocycles. The van der Waals surface area contributed by atoms with E-state index in [1.54, 1.807) is 0 Å². The quantitative estimate of drug-likeness (QED) is 0.180. The van der Waals surface area contributed by atoms with Crippen LogP contribution in [0.15, 0.2) is 57.8 Å². The standard InChI is InChI=1S/C25H14ClF5N4O3S2/c26-21-5-18-11(9-32-21)3-13(24(36)35(18)12-7-25(30,31)8-12)22-14(27)1-2-16(23(22)29)34-40(37,38)20-6-19-17(4-15(20)28)33-10-39-19/h1-6,9-10,12,34H,7-8H2. The van der Waals surface area contributed by atoms with Crippen LogP contribution in [0.3, 0.4) is 0 Å². The molecule has 0 amide bonds. The van der Waals surface area contributed by atoms with E-state index in [4.69, 9.17) is 11.6 Å². The molecule has 6 rings (SSSR count). The first-order chi connectivity index (χ1) is 18.8. The highest BCUT2D eigenvalue weighted by Crippen LogP contribution is 2.46. The predicted octanol–water partition coefficient (Wildman–Crippen LogP) is 6.51. The predicted molar refractivity (Wildman–Crippen MR) is 140 cm³/mol. The average molecular weight is 613 g/mol. The van der Waals surface area contributed by atoms with E-state index in [1.165, 1.54) is 17.8 Å². The van der Waals surface area contributed by atoms with Crippen LogP contribution in [0.2, 0.25) is 5.15 Å². The van der Waals surface area contributed by atoms with Gasteiger partial charge < -0.3 is 4.57 Å². The SMILES string of the molecule is O=c1c(-c2c(F)ccc(NS(=O)(=O)c3cc4scnc4cc3F)c2F)cc2cnc(Cl)cc2n1C1CC(F)(F)C1. The molecule has 3 aromatic heterocycles. The van der Waals surface area contributed by atoms with Crippen LogP contribution in [0, 0.1) is 17.5 Å². The number of thiazole rings is 1. The zero-order valence-electron chi connectivity index (χ0n) is 19.8. The Balaban J connectivity index is 1.49. The fourth-order valence-electron chi connectivity index (χ4n) is 4.70. The lowest BCUT2D eigenvalue weighted by Gasteiger charge is -2.37. The Morgan fingerprint density at radius 2 is 1.80 bits per heavy atom. The Morgan fingerprint density at radius 3 is 2.52 bits per heavy atom. The summed E-state index contributed by atoms with van der Waals surface area (Å²) in [5.74, 6) is -6.85. The van der Waals surface area contributed by atoms with Crippen LogP contribution in [0.25, 0.3) is 32.2 Å². The molecule has 0 unspecified atom stereocenters. The molecule has 1 saturated carbocycles. The highest BCUT2D eigenvalue weighted by atomic mass is 35.5.